The smallest absolute Gasteiger partial charge is 0.146 e. The fourth-order valence-corrected chi connectivity index (χ4v) is 1.88. The molecule has 1 aromatic carbocycles. The van der Waals surface area contributed by atoms with E-state index < -0.39 is 0 Å². The number of hydrogen-bond donors (Lipinski definition) is 1. The molecule has 1 heterocycles. The van der Waals surface area contributed by atoms with E-state index in [1.165, 1.54) is 6.07 Å². The van der Waals surface area contributed by atoms with Crippen LogP contribution in [0.5, 0.6) is 5.75 Å². The van der Waals surface area contributed by atoms with Crippen molar-refractivity contribution in [2.45, 2.75) is 13.2 Å². The predicted molar refractivity (Wildman–Crippen MR) is 69.9 cm³/mol. The minimum Gasteiger partial charge on any atom is -0.486 e. The first kappa shape index (κ1) is 13.1. The van der Waals surface area contributed by atoms with Gasteiger partial charge in [-0.2, -0.15) is 0 Å². The van der Waals surface area contributed by atoms with Gasteiger partial charge in [0.1, 0.15) is 23.9 Å². The molecule has 0 bridgehead atoms. The van der Waals surface area contributed by atoms with Crippen molar-refractivity contribution >= 4 is 15.9 Å². The molecule has 18 heavy (non-hydrogen) atoms. The molecule has 0 aliphatic rings. The number of rotatable bonds is 5. The van der Waals surface area contributed by atoms with Crippen molar-refractivity contribution in [1.82, 2.24) is 5.32 Å². The summed E-state index contributed by atoms with van der Waals surface area (Å²) >= 11 is 3.11. The van der Waals surface area contributed by atoms with Gasteiger partial charge in [0.2, 0.25) is 0 Å². The van der Waals surface area contributed by atoms with Gasteiger partial charge < -0.3 is 14.5 Å². The fourth-order valence-electron chi connectivity index (χ4n) is 1.52. The van der Waals surface area contributed by atoms with E-state index in [9.17, 15) is 4.39 Å². The van der Waals surface area contributed by atoms with Crippen LogP contribution in [0.15, 0.2) is 39.4 Å². The van der Waals surface area contributed by atoms with Gasteiger partial charge in [-0.05, 0) is 47.2 Å². The average Bonchev–Trinajstić information content (AvgIpc) is 2.79. The lowest BCUT2D eigenvalue weighted by Gasteiger charge is -2.04. The molecule has 1 aromatic heterocycles. The number of furan rings is 1. The Morgan fingerprint density at radius 3 is 2.94 bits per heavy atom. The Morgan fingerprint density at radius 1 is 1.39 bits per heavy atom. The van der Waals surface area contributed by atoms with Gasteiger partial charge in [0.25, 0.3) is 0 Å². The van der Waals surface area contributed by atoms with E-state index in [0.717, 1.165) is 17.9 Å². The molecule has 2 aromatic rings. The third kappa shape index (κ3) is 3.34. The van der Waals surface area contributed by atoms with E-state index >= 15 is 0 Å². The molecule has 0 fully saturated rings. The molecular weight excluding hydrogens is 301 g/mol. The predicted octanol–water partition coefficient (Wildman–Crippen LogP) is 3.48. The van der Waals surface area contributed by atoms with E-state index in [4.69, 9.17) is 9.15 Å². The molecule has 2 rings (SSSR count). The second-order valence-electron chi connectivity index (χ2n) is 3.82. The van der Waals surface area contributed by atoms with E-state index in [1.807, 2.05) is 13.1 Å². The lowest BCUT2D eigenvalue weighted by Crippen LogP contribution is -2.03. The Hall–Kier alpha value is -1.33. The third-order valence-corrected chi connectivity index (χ3v) is 2.97. The summed E-state index contributed by atoms with van der Waals surface area (Å²) in [6, 6.07) is 6.45. The van der Waals surface area contributed by atoms with E-state index in [-0.39, 0.29) is 5.82 Å². The summed E-state index contributed by atoms with van der Waals surface area (Å²) in [5, 5.41) is 3.04. The second kappa shape index (κ2) is 6.02. The summed E-state index contributed by atoms with van der Waals surface area (Å²) in [6.45, 7) is 1.08. The van der Waals surface area contributed by atoms with Crippen molar-refractivity contribution in [3.05, 3.63) is 52.1 Å². The maximum absolute atomic E-state index is 13.0. The Balaban J connectivity index is 1.95. The van der Waals surface area contributed by atoms with Crippen LogP contribution in [0.25, 0.3) is 0 Å². The normalized spacial score (nSPS) is 10.6. The highest BCUT2D eigenvalue weighted by Crippen LogP contribution is 2.22. The lowest BCUT2D eigenvalue weighted by atomic mass is 10.3. The Labute approximate surface area is 113 Å². The third-order valence-electron chi connectivity index (χ3n) is 2.36. The summed E-state index contributed by atoms with van der Waals surface area (Å²) in [7, 11) is 1.87. The fraction of sp³-hybridized carbons (Fsp3) is 0.231. The Bertz CT molecular complexity index is 527. The summed E-state index contributed by atoms with van der Waals surface area (Å²) in [4.78, 5) is 0. The van der Waals surface area contributed by atoms with Crippen molar-refractivity contribution in [2.75, 3.05) is 7.05 Å². The van der Waals surface area contributed by atoms with Gasteiger partial charge in [0.15, 0.2) is 0 Å². The molecular formula is C13H13BrFNO2. The van der Waals surface area contributed by atoms with E-state index in [2.05, 4.69) is 21.2 Å². The molecule has 1 N–H and O–H groups in total. The van der Waals surface area contributed by atoms with E-state index in [1.54, 1.807) is 18.4 Å². The van der Waals surface area contributed by atoms with Crippen molar-refractivity contribution in [3.8, 4) is 5.75 Å². The molecule has 5 heteroatoms. The first-order chi connectivity index (χ1) is 8.69. The molecule has 0 atom stereocenters. The van der Waals surface area contributed by atoms with Crippen molar-refractivity contribution in [3.63, 3.8) is 0 Å². The van der Waals surface area contributed by atoms with Gasteiger partial charge in [0.05, 0.1) is 10.7 Å². The summed E-state index contributed by atoms with van der Waals surface area (Å²) in [6.07, 6.45) is 1.69. The van der Waals surface area contributed by atoms with Crippen LogP contribution in [-0.2, 0) is 13.2 Å². The van der Waals surface area contributed by atoms with Crippen LogP contribution in [0.4, 0.5) is 4.39 Å². The van der Waals surface area contributed by atoms with Crippen molar-refractivity contribution in [1.29, 1.82) is 0 Å². The van der Waals surface area contributed by atoms with Crippen LogP contribution in [0.3, 0.4) is 0 Å². The first-order valence-corrected chi connectivity index (χ1v) is 6.27. The molecule has 0 saturated heterocycles. The van der Waals surface area contributed by atoms with Crippen LogP contribution in [0.1, 0.15) is 11.3 Å². The molecule has 0 amide bonds. The molecule has 0 aliphatic carbocycles. The maximum Gasteiger partial charge on any atom is 0.146 e. The maximum atomic E-state index is 13.0. The van der Waals surface area contributed by atoms with Gasteiger partial charge in [0, 0.05) is 12.1 Å². The molecule has 96 valence electrons. The van der Waals surface area contributed by atoms with Crippen LogP contribution in [0, 0.1) is 5.82 Å². The van der Waals surface area contributed by atoms with E-state index in [0.29, 0.717) is 16.8 Å². The van der Waals surface area contributed by atoms with Gasteiger partial charge >= 0.3 is 0 Å². The molecule has 0 radical (unpaired) electrons. The molecule has 0 spiro atoms. The minimum absolute atomic E-state index is 0.309. The Morgan fingerprint density at radius 2 is 2.22 bits per heavy atom. The van der Waals surface area contributed by atoms with Crippen LogP contribution < -0.4 is 10.1 Å². The summed E-state index contributed by atoms with van der Waals surface area (Å²) in [5.41, 5.74) is 1.07. The number of nitrogens with one attached hydrogen (secondary N) is 1. The summed E-state index contributed by atoms with van der Waals surface area (Å²) in [5.74, 6) is 1.02. The van der Waals surface area contributed by atoms with Gasteiger partial charge in [-0.3, -0.25) is 0 Å². The standard InChI is InChI=1S/C13H13BrFNO2/c1-16-6-9-4-11(17-7-9)8-18-10-2-3-13(15)12(14)5-10/h2-5,7,16H,6,8H2,1H3. The van der Waals surface area contributed by atoms with Gasteiger partial charge in [-0.1, -0.05) is 0 Å². The molecule has 0 aliphatic heterocycles. The zero-order valence-corrected chi connectivity index (χ0v) is 11.5. The summed E-state index contributed by atoms with van der Waals surface area (Å²) < 4.78 is 24.3. The number of halogens is 2. The second-order valence-corrected chi connectivity index (χ2v) is 4.67. The zero-order valence-electron chi connectivity index (χ0n) is 9.87. The Kier molecular flexibility index (Phi) is 4.38. The largest absolute Gasteiger partial charge is 0.486 e. The van der Waals surface area contributed by atoms with Gasteiger partial charge in [-0.25, -0.2) is 4.39 Å². The van der Waals surface area contributed by atoms with Crippen LogP contribution >= 0.6 is 15.9 Å². The average molecular weight is 314 g/mol. The number of hydrogen-bond acceptors (Lipinski definition) is 3. The van der Waals surface area contributed by atoms with Crippen molar-refractivity contribution < 1.29 is 13.5 Å². The SMILES string of the molecule is CNCc1coc(COc2ccc(F)c(Br)c2)c1. The number of ether oxygens (including phenoxy) is 1. The monoisotopic (exact) mass is 313 g/mol. The highest BCUT2D eigenvalue weighted by molar-refractivity contribution is 9.10. The molecule has 3 nitrogen and oxygen atoms in total. The molecule has 0 saturated carbocycles. The topological polar surface area (TPSA) is 34.4 Å². The zero-order chi connectivity index (χ0) is 13.0. The van der Waals surface area contributed by atoms with Crippen LogP contribution in [0.2, 0.25) is 0 Å². The number of benzene rings is 1. The van der Waals surface area contributed by atoms with Crippen molar-refractivity contribution in [2.24, 2.45) is 0 Å². The lowest BCUT2D eigenvalue weighted by molar-refractivity contribution is 0.270. The molecule has 0 unspecified atom stereocenters. The first-order valence-electron chi connectivity index (χ1n) is 5.48. The van der Waals surface area contributed by atoms with Gasteiger partial charge in [-0.15, -0.1) is 0 Å². The quantitative estimate of drug-likeness (QED) is 0.917. The highest BCUT2D eigenvalue weighted by atomic mass is 79.9. The minimum atomic E-state index is -0.309. The van der Waals surface area contributed by atoms with Crippen LogP contribution in [-0.4, -0.2) is 7.05 Å². The highest BCUT2D eigenvalue weighted by Gasteiger charge is 2.04.